The zero-order valence-electron chi connectivity index (χ0n) is 14.9. The summed E-state index contributed by atoms with van der Waals surface area (Å²) in [4.78, 5) is 24.2. The number of carbonyl (C=O) groups is 2. The predicted molar refractivity (Wildman–Crippen MR) is 89.2 cm³/mol. The van der Waals surface area contributed by atoms with Crippen molar-refractivity contribution in [3.63, 3.8) is 0 Å². The number of alkyl carbamates (subject to hydrolysis) is 1. The molecule has 0 saturated heterocycles. The standard InChI is InChI=1S/C18H24F2N2O3/c1-17(2,3)25-16(24)21-10-18(4,11-5-6-11)22-15(23)13-9-12(19)7-8-14(13)20/h7-9,11H,5-6,10H2,1-4H3,(H,21,24)(H,22,23). The maximum Gasteiger partial charge on any atom is 0.407 e. The molecule has 7 heteroatoms. The topological polar surface area (TPSA) is 67.4 Å². The first-order valence-electron chi connectivity index (χ1n) is 8.24. The van der Waals surface area contributed by atoms with Gasteiger partial charge < -0.3 is 15.4 Å². The fourth-order valence-corrected chi connectivity index (χ4v) is 2.58. The monoisotopic (exact) mass is 354 g/mol. The van der Waals surface area contributed by atoms with Crippen LogP contribution < -0.4 is 10.6 Å². The Labute approximate surface area is 146 Å². The number of benzene rings is 1. The largest absolute Gasteiger partial charge is 0.444 e. The van der Waals surface area contributed by atoms with Gasteiger partial charge in [0.15, 0.2) is 0 Å². The summed E-state index contributed by atoms with van der Waals surface area (Å²) in [7, 11) is 0. The SMILES string of the molecule is CC(C)(C)OC(=O)NCC(C)(NC(=O)c1cc(F)ccc1F)C1CC1. The van der Waals surface area contributed by atoms with Crippen molar-refractivity contribution in [2.24, 2.45) is 5.92 Å². The highest BCUT2D eigenvalue weighted by Crippen LogP contribution is 2.39. The molecule has 1 aromatic carbocycles. The van der Waals surface area contributed by atoms with Gasteiger partial charge in [-0.3, -0.25) is 4.79 Å². The van der Waals surface area contributed by atoms with Crippen LogP contribution in [0.1, 0.15) is 50.9 Å². The summed E-state index contributed by atoms with van der Waals surface area (Å²) in [5, 5.41) is 5.38. The van der Waals surface area contributed by atoms with Gasteiger partial charge in [0.2, 0.25) is 0 Å². The first-order valence-corrected chi connectivity index (χ1v) is 8.24. The Kier molecular flexibility index (Phi) is 5.34. The van der Waals surface area contributed by atoms with E-state index in [1.54, 1.807) is 27.7 Å². The molecule has 0 aromatic heterocycles. The van der Waals surface area contributed by atoms with E-state index < -0.39 is 34.8 Å². The molecule has 1 atom stereocenters. The van der Waals surface area contributed by atoms with Crippen molar-refractivity contribution in [3.05, 3.63) is 35.4 Å². The number of nitrogens with one attached hydrogen (secondary N) is 2. The fraction of sp³-hybridized carbons (Fsp3) is 0.556. The molecule has 2 rings (SSSR count). The molecular weight excluding hydrogens is 330 g/mol. The van der Waals surface area contributed by atoms with Crippen molar-refractivity contribution in [1.82, 2.24) is 10.6 Å². The highest BCUT2D eigenvalue weighted by atomic mass is 19.1. The Hall–Kier alpha value is -2.18. The molecule has 2 N–H and O–H groups in total. The Bertz CT molecular complexity index is 669. The molecule has 0 spiro atoms. The summed E-state index contributed by atoms with van der Waals surface area (Å²) in [6, 6.07) is 2.73. The van der Waals surface area contributed by atoms with Gasteiger partial charge in [-0.05, 0) is 64.7 Å². The third-order valence-electron chi connectivity index (χ3n) is 4.05. The number of carbonyl (C=O) groups excluding carboxylic acids is 2. The van der Waals surface area contributed by atoms with Crippen LogP contribution in [0.2, 0.25) is 0 Å². The summed E-state index contributed by atoms with van der Waals surface area (Å²) in [6.45, 7) is 7.16. The normalized spacial score (nSPS) is 16.7. The van der Waals surface area contributed by atoms with Gasteiger partial charge in [0, 0.05) is 6.54 Å². The molecule has 0 heterocycles. The average molecular weight is 354 g/mol. The highest BCUT2D eigenvalue weighted by Gasteiger charge is 2.43. The number of halogens is 2. The molecule has 138 valence electrons. The van der Waals surface area contributed by atoms with Crippen LogP contribution in [0.5, 0.6) is 0 Å². The second-order valence-electron chi connectivity index (χ2n) is 7.63. The second-order valence-corrected chi connectivity index (χ2v) is 7.63. The summed E-state index contributed by atoms with van der Waals surface area (Å²) in [6.07, 6.45) is 1.18. The predicted octanol–water partition coefficient (Wildman–Crippen LogP) is 3.39. The molecule has 1 unspecified atom stereocenters. The van der Waals surface area contributed by atoms with Crippen LogP contribution in [0, 0.1) is 17.6 Å². The molecule has 1 aliphatic rings. The van der Waals surface area contributed by atoms with Gasteiger partial charge in [-0.1, -0.05) is 0 Å². The maximum atomic E-state index is 13.8. The molecule has 25 heavy (non-hydrogen) atoms. The molecule has 2 amide bonds. The van der Waals surface area contributed by atoms with Crippen molar-refractivity contribution in [2.75, 3.05) is 6.54 Å². The first-order chi connectivity index (χ1) is 11.5. The third-order valence-corrected chi connectivity index (χ3v) is 4.05. The number of hydrogen-bond donors (Lipinski definition) is 2. The summed E-state index contributed by atoms with van der Waals surface area (Å²) in [5.74, 6) is -2.04. The van der Waals surface area contributed by atoms with Gasteiger partial charge in [0.1, 0.15) is 17.2 Å². The van der Waals surface area contributed by atoms with Crippen LogP contribution in [-0.4, -0.2) is 29.7 Å². The van der Waals surface area contributed by atoms with E-state index in [4.69, 9.17) is 4.74 Å². The van der Waals surface area contributed by atoms with E-state index in [2.05, 4.69) is 10.6 Å². The van der Waals surface area contributed by atoms with Crippen molar-refractivity contribution >= 4 is 12.0 Å². The van der Waals surface area contributed by atoms with E-state index in [1.165, 1.54) is 0 Å². The minimum Gasteiger partial charge on any atom is -0.444 e. The van der Waals surface area contributed by atoms with E-state index >= 15 is 0 Å². The number of rotatable bonds is 5. The lowest BCUT2D eigenvalue weighted by atomic mass is 9.95. The van der Waals surface area contributed by atoms with E-state index in [0.717, 1.165) is 31.0 Å². The van der Waals surface area contributed by atoms with Crippen LogP contribution in [0.25, 0.3) is 0 Å². The molecule has 0 bridgehead atoms. The quantitative estimate of drug-likeness (QED) is 0.852. The maximum absolute atomic E-state index is 13.8. The number of hydrogen-bond acceptors (Lipinski definition) is 3. The van der Waals surface area contributed by atoms with Crippen molar-refractivity contribution < 1.29 is 23.1 Å². The molecule has 1 aromatic rings. The minimum absolute atomic E-state index is 0.134. The van der Waals surface area contributed by atoms with Crippen LogP contribution in [-0.2, 0) is 4.74 Å². The molecule has 0 radical (unpaired) electrons. The van der Waals surface area contributed by atoms with E-state index in [9.17, 15) is 18.4 Å². The molecule has 5 nitrogen and oxygen atoms in total. The smallest absolute Gasteiger partial charge is 0.407 e. The zero-order chi connectivity index (χ0) is 18.8. The fourth-order valence-electron chi connectivity index (χ4n) is 2.58. The van der Waals surface area contributed by atoms with Gasteiger partial charge in [0.05, 0.1) is 11.1 Å². The van der Waals surface area contributed by atoms with Gasteiger partial charge in [-0.25, -0.2) is 13.6 Å². The van der Waals surface area contributed by atoms with Crippen LogP contribution >= 0.6 is 0 Å². The lowest BCUT2D eigenvalue weighted by Gasteiger charge is -2.32. The van der Waals surface area contributed by atoms with Crippen molar-refractivity contribution in [2.45, 2.75) is 51.7 Å². The van der Waals surface area contributed by atoms with Gasteiger partial charge in [-0.2, -0.15) is 0 Å². The molecule has 1 saturated carbocycles. The van der Waals surface area contributed by atoms with E-state index in [-0.39, 0.29) is 18.0 Å². The Balaban J connectivity index is 2.05. The summed E-state index contributed by atoms with van der Waals surface area (Å²) in [5.41, 5.74) is -1.76. The highest BCUT2D eigenvalue weighted by molar-refractivity contribution is 5.95. The van der Waals surface area contributed by atoms with Crippen molar-refractivity contribution in [1.29, 1.82) is 0 Å². The Morgan fingerprint density at radius 2 is 1.84 bits per heavy atom. The third kappa shape index (κ3) is 5.41. The molecule has 1 aliphatic carbocycles. The Morgan fingerprint density at radius 1 is 1.20 bits per heavy atom. The van der Waals surface area contributed by atoms with Gasteiger partial charge >= 0.3 is 6.09 Å². The lowest BCUT2D eigenvalue weighted by molar-refractivity contribution is 0.0502. The Morgan fingerprint density at radius 3 is 2.40 bits per heavy atom. The number of amides is 2. The average Bonchev–Trinajstić information content (AvgIpc) is 3.31. The summed E-state index contributed by atoms with van der Waals surface area (Å²) >= 11 is 0. The van der Waals surface area contributed by atoms with Gasteiger partial charge in [-0.15, -0.1) is 0 Å². The van der Waals surface area contributed by atoms with E-state index in [0.29, 0.717) is 0 Å². The number of ether oxygens (including phenoxy) is 1. The van der Waals surface area contributed by atoms with Crippen LogP contribution in [0.3, 0.4) is 0 Å². The van der Waals surface area contributed by atoms with Gasteiger partial charge in [0.25, 0.3) is 5.91 Å². The molecule has 1 fully saturated rings. The summed E-state index contributed by atoms with van der Waals surface area (Å²) < 4.78 is 32.3. The first kappa shape index (κ1) is 19.1. The van der Waals surface area contributed by atoms with Crippen LogP contribution in [0.4, 0.5) is 13.6 Å². The van der Waals surface area contributed by atoms with E-state index in [1.807, 2.05) is 0 Å². The second kappa shape index (κ2) is 6.98. The minimum atomic E-state index is -0.794. The van der Waals surface area contributed by atoms with Crippen molar-refractivity contribution in [3.8, 4) is 0 Å². The molecule has 0 aliphatic heterocycles. The molecular formula is C18H24F2N2O3. The lowest BCUT2D eigenvalue weighted by Crippen LogP contribution is -2.55. The van der Waals surface area contributed by atoms with Crippen LogP contribution in [0.15, 0.2) is 18.2 Å². The zero-order valence-corrected chi connectivity index (χ0v) is 14.9.